The van der Waals surface area contributed by atoms with E-state index in [1.54, 1.807) is 6.07 Å². The van der Waals surface area contributed by atoms with Gasteiger partial charge in [0.2, 0.25) is 0 Å². The first-order valence-electron chi connectivity index (χ1n) is 4.74. The van der Waals surface area contributed by atoms with Gasteiger partial charge in [0, 0.05) is 6.20 Å². The molecule has 0 radical (unpaired) electrons. The minimum absolute atomic E-state index is 0.0909. The largest absolute Gasteiger partial charge is 0.435 e. The predicted octanol–water partition coefficient (Wildman–Crippen LogP) is 2.90. The van der Waals surface area contributed by atoms with E-state index in [2.05, 4.69) is 5.10 Å². The normalized spacial score (nSPS) is 11.3. The molecule has 2 aromatic rings. The minimum atomic E-state index is -4.56. The van der Waals surface area contributed by atoms with E-state index >= 15 is 0 Å². The molecule has 1 heterocycles. The van der Waals surface area contributed by atoms with Gasteiger partial charge in [0.25, 0.3) is 0 Å². The van der Waals surface area contributed by atoms with Crippen LogP contribution >= 0.6 is 0 Å². The van der Waals surface area contributed by atoms with Gasteiger partial charge in [-0.05, 0) is 24.3 Å². The Morgan fingerprint density at radius 1 is 1.22 bits per heavy atom. The Labute approximate surface area is 98.9 Å². The second kappa shape index (κ2) is 4.14. The van der Waals surface area contributed by atoms with Crippen LogP contribution < -0.4 is 0 Å². The molecule has 0 atom stereocenters. The first-order chi connectivity index (χ1) is 8.41. The molecule has 0 saturated heterocycles. The number of hydrogen-bond donors (Lipinski definition) is 0. The van der Waals surface area contributed by atoms with Crippen LogP contribution in [0.2, 0.25) is 0 Å². The first-order valence-corrected chi connectivity index (χ1v) is 4.74. The van der Waals surface area contributed by atoms with E-state index in [0.717, 1.165) is 29.1 Å². The van der Waals surface area contributed by atoms with E-state index in [1.807, 2.05) is 0 Å². The average Bonchev–Trinajstić information content (AvgIpc) is 2.77. The number of alkyl halides is 3. The Morgan fingerprint density at radius 2 is 1.94 bits per heavy atom. The van der Waals surface area contributed by atoms with Crippen molar-refractivity contribution in [2.24, 2.45) is 0 Å². The maximum absolute atomic E-state index is 12.9. The third-order valence-electron chi connectivity index (χ3n) is 2.21. The van der Waals surface area contributed by atoms with E-state index in [4.69, 9.17) is 5.26 Å². The SMILES string of the molecule is N#Cc1cc(F)ccc1-n1ccc(C(F)(F)F)n1. The summed E-state index contributed by atoms with van der Waals surface area (Å²) in [4.78, 5) is 0. The Morgan fingerprint density at radius 3 is 2.50 bits per heavy atom. The molecule has 0 spiro atoms. The van der Waals surface area contributed by atoms with Crippen molar-refractivity contribution in [3.05, 3.63) is 47.5 Å². The third kappa shape index (κ3) is 2.18. The second-order valence-corrected chi connectivity index (χ2v) is 3.42. The van der Waals surface area contributed by atoms with E-state index in [9.17, 15) is 17.6 Å². The van der Waals surface area contributed by atoms with Crippen molar-refractivity contribution in [3.8, 4) is 11.8 Å². The van der Waals surface area contributed by atoms with Crippen LogP contribution in [0.3, 0.4) is 0 Å². The number of aromatic nitrogens is 2. The molecule has 1 aromatic heterocycles. The van der Waals surface area contributed by atoms with Crippen LogP contribution in [0.4, 0.5) is 17.6 Å². The molecule has 0 aliphatic rings. The van der Waals surface area contributed by atoms with Crippen molar-refractivity contribution < 1.29 is 17.6 Å². The van der Waals surface area contributed by atoms with E-state index in [0.29, 0.717) is 0 Å². The highest BCUT2D eigenvalue weighted by atomic mass is 19.4. The van der Waals surface area contributed by atoms with Gasteiger partial charge in [-0.25, -0.2) is 9.07 Å². The van der Waals surface area contributed by atoms with Gasteiger partial charge in [0.15, 0.2) is 5.69 Å². The summed E-state index contributed by atoms with van der Waals surface area (Å²) < 4.78 is 50.9. The summed E-state index contributed by atoms with van der Waals surface area (Å²) in [6, 6.07) is 5.66. The molecule has 0 aliphatic heterocycles. The number of nitrogens with zero attached hydrogens (tertiary/aromatic N) is 3. The summed E-state index contributed by atoms with van der Waals surface area (Å²) in [5.74, 6) is -0.640. The van der Waals surface area contributed by atoms with Crippen molar-refractivity contribution >= 4 is 0 Å². The Kier molecular flexibility index (Phi) is 2.79. The maximum atomic E-state index is 12.9. The summed E-state index contributed by atoms with van der Waals surface area (Å²) in [6.07, 6.45) is -3.49. The molecule has 0 unspecified atom stereocenters. The fourth-order valence-corrected chi connectivity index (χ4v) is 1.41. The molecule has 0 fully saturated rings. The van der Waals surface area contributed by atoms with Gasteiger partial charge in [0.1, 0.15) is 11.9 Å². The molecule has 0 N–H and O–H groups in total. The summed E-state index contributed by atoms with van der Waals surface area (Å²) in [7, 11) is 0. The number of benzene rings is 1. The molecule has 0 bridgehead atoms. The standard InChI is InChI=1S/C11H5F4N3/c12-8-1-2-9(7(5-8)6-16)18-4-3-10(17-18)11(13,14)15/h1-5H. The fraction of sp³-hybridized carbons (Fsp3) is 0.0909. The molecule has 18 heavy (non-hydrogen) atoms. The highest BCUT2D eigenvalue weighted by Crippen LogP contribution is 2.28. The predicted molar refractivity (Wildman–Crippen MR) is 53.2 cm³/mol. The monoisotopic (exact) mass is 255 g/mol. The molecule has 2 rings (SSSR count). The molecule has 3 nitrogen and oxygen atoms in total. The second-order valence-electron chi connectivity index (χ2n) is 3.42. The van der Waals surface area contributed by atoms with Crippen LogP contribution in [0, 0.1) is 17.1 Å². The van der Waals surface area contributed by atoms with Crippen LogP contribution in [0.15, 0.2) is 30.5 Å². The van der Waals surface area contributed by atoms with E-state index in [-0.39, 0.29) is 11.3 Å². The van der Waals surface area contributed by atoms with Gasteiger partial charge in [-0.15, -0.1) is 0 Å². The number of nitriles is 1. The number of hydrogen-bond acceptors (Lipinski definition) is 2. The molecular formula is C11H5F4N3. The fourth-order valence-electron chi connectivity index (χ4n) is 1.41. The van der Waals surface area contributed by atoms with Crippen LogP contribution in [0.1, 0.15) is 11.3 Å². The van der Waals surface area contributed by atoms with Crippen LogP contribution in [0.5, 0.6) is 0 Å². The van der Waals surface area contributed by atoms with Gasteiger partial charge in [-0.1, -0.05) is 0 Å². The first kappa shape index (κ1) is 12.1. The van der Waals surface area contributed by atoms with Gasteiger partial charge < -0.3 is 0 Å². The van der Waals surface area contributed by atoms with Crippen molar-refractivity contribution in [2.75, 3.05) is 0 Å². The van der Waals surface area contributed by atoms with Crippen molar-refractivity contribution in [2.45, 2.75) is 6.18 Å². The smallest absolute Gasteiger partial charge is 0.239 e. The highest BCUT2D eigenvalue weighted by Gasteiger charge is 2.33. The lowest BCUT2D eigenvalue weighted by molar-refractivity contribution is -0.141. The lowest BCUT2D eigenvalue weighted by Gasteiger charge is -2.04. The third-order valence-corrected chi connectivity index (χ3v) is 2.21. The summed E-state index contributed by atoms with van der Waals surface area (Å²) in [6.45, 7) is 0. The Hall–Kier alpha value is -2.36. The molecule has 1 aromatic carbocycles. The summed E-state index contributed by atoms with van der Waals surface area (Å²) in [5, 5.41) is 12.1. The van der Waals surface area contributed by atoms with Crippen LogP contribution in [-0.2, 0) is 6.18 Å². The van der Waals surface area contributed by atoms with Crippen molar-refractivity contribution in [1.29, 1.82) is 5.26 Å². The Bertz CT molecular complexity index is 622. The highest BCUT2D eigenvalue weighted by molar-refractivity contribution is 5.48. The zero-order valence-corrected chi connectivity index (χ0v) is 8.74. The number of halogens is 4. The van der Waals surface area contributed by atoms with Gasteiger partial charge in [-0.2, -0.15) is 23.5 Å². The zero-order chi connectivity index (χ0) is 13.3. The lowest BCUT2D eigenvalue weighted by Crippen LogP contribution is -2.07. The average molecular weight is 255 g/mol. The van der Waals surface area contributed by atoms with E-state index in [1.165, 1.54) is 6.07 Å². The van der Waals surface area contributed by atoms with Crippen molar-refractivity contribution in [3.63, 3.8) is 0 Å². The summed E-state index contributed by atoms with van der Waals surface area (Å²) in [5.41, 5.74) is -1.07. The quantitative estimate of drug-likeness (QED) is 0.735. The number of rotatable bonds is 1. The van der Waals surface area contributed by atoms with Gasteiger partial charge in [0.05, 0.1) is 11.3 Å². The molecule has 0 amide bonds. The lowest BCUT2D eigenvalue weighted by atomic mass is 10.2. The van der Waals surface area contributed by atoms with Gasteiger partial charge >= 0.3 is 6.18 Å². The molecular weight excluding hydrogens is 250 g/mol. The summed E-state index contributed by atoms with van der Waals surface area (Å²) >= 11 is 0. The molecule has 7 heteroatoms. The minimum Gasteiger partial charge on any atom is -0.239 e. The molecule has 0 aliphatic carbocycles. The molecule has 0 saturated carbocycles. The Balaban J connectivity index is 2.50. The molecule has 92 valence electrons. The van der Waals surface area contributed by atoms with Crippen LogP contribution in [-0.4, -0.2) is 9.78 Å². The van der Waals surface area contributed by atoms with Crippen molar-refractivity contribution in [1.82, 2.24) is 9.78 Å². The topological polar surface area (TPSA) is 41.6 Å². The van der Waals surface area contributed by atoms with Gasteiger partial charge in [-0.3, -0.25) is 0 Å². The zero-order valence-electron chi connectivity index (χ0n) is 8.74. The van der Waals surface area contributed by atoms with E-state index < -0.39 is 17.7 Å². The van der Waals surface area contributed by atoms with Crippen LogP contribution in [0.25, 0.3) is 5.69 Å². The maximum Gasteiger partial charge on any atom is 0.435 e.